The summed E-state index contributed by atoms with van der Waals surface area (Å²) in [5.74, 6) is -0.418. The van der Waals surface area contributed by atoms with Crippen molar-refractivity contribution in [2.24, 2.45) is 0 Å². The van der Waals surface area contributed by atoms with E-state index in [9.17, 15) is 14.0 Å². The average molecular weight is 437 g/mol. The van der Waals surface area contributed by atoms with E-state index >= 15 is 0 Å². The van der Waals surface area contributed by atoms with Crippen LogP contribution in [0.25, 0.3) is 5.57 Å². The summed E-state index contributed by atoms with van der Waals surface area (Å²) in [7, 11) is 0. The number of benzene rings is 3. The van der Waals surface area contributed by atoms with Crippen LogP contribution in [-0.4, -0.2) is 18.6 Å². The Hall–Kier alpha value is -3.84. The molecule has 0 saturated heterocycles. The van der Waals surface area contributed by atoms with Gasteiger partial charge < -0.3 is 14.8 Å². The van der Waals surface area contributed by atoms with Crippen molar-refractivity contribution in [1.29, 1.82) is 0 Å². The van der Waals surface area contributed by atoms with Gasteiger partial charge in [-0.05, 0) is 54.1 Å². The first kappa shape index (κ1) is 19.1. The summed E-state index contributed by atoms with van der Waals surface area (Å²) in [5, 5.41) is 3.55. The SMILES string of the molecule is O=C1C(Nc2ccc3c(c2)OCO3)=C(c2ccc(Cl)cc2)C(=O)N1c1ccc(F)cc1. The van der Waals surface area contributed by atoms with E-state index in [1.165, 1.54) is 24.3 Å². The molecule has 2 aliphatic heterocycles. The van der Waals surface area contributed by atoms with Gasteiger partial charge in [-0.15, -0.1) is 0 Å². The summed E-state index contributed by atoms with van der Waals surface area (Å²) < 4.78 is 24.1. The topological polar surface area (TPSA) is 67.9 Å². The number of fused-ring (bicyclic) bond motifs is 1. The van der Waals surface area contributed by atoms with Gasteiger partial charge in [0.25, 0.3) is 11.8 Å². The molecule has 0 atom stereocenters. The maximum absolute atomic E-state index is 13.4. The maximum Gasteiger partial charge on any atom is 0.282 e. The fourth-order valence-corrected chi connectivity index (χ4v) is 3.60. The fraction of sp³-hybridized carbons (Fsp3) is 0.0435. The van der Waals surface area contributed by atoms with E-state index in [0.717, 1.165) is 4.90 Å². The Morgan fingerprint density at radius 1 is 0.871 bits per heavy atom. The molecular formula is C23H14ClFN2O4. The molecule has 6 nitrogen and oxygen atoms in total. The lowest BCUT2D eigenvalue weighted by atomic mass is 10.0. The zero-order chi connectivity index (χ0) is 21.5. The molecule has 8 heteroatoms. The van der Waals surface area contributed by atoms with Crippen LogP contribution in [0.1, 0.15) is 5.56 Å². The first-order chi connectivity index (χ1) is 15.0. The van der Waals surface area contributed by atoms with Crippen molar-refractivity contribution >= 4 is 40.4 Å². The molecule has 0 bridgehead atoms. The minimum atomic E-state index is -0.556. The molecule has 0 radical (unpaired) electrons. The molecule has 154 valence electrons. The fourth-order valence-electron chi connectivity index (χ4n) is 3.47. The van der Waals surface area contributed by atoms with Crippen LogP contribution in [0, 0.1) is 5.82 Å². The standard InChI is InChI=1S/C23H14ClFN2O4/c24-14-3-1-13(2-4-14)20-21(26-16-7-10-18-19(11-16)31-12-30-18)23(29)27(22(20)28)17-8-5-15(25)6-9-17/h1-11,26H,12H2. The lowest BCUT2D eigenvalue weighted by Crippen LogP contribution is -2.32. The number of halogens is 2. The highest BCUT2D eigenvalue weighted by Crippen LogP contribution is 2.37. The molecule has 31 heavy (non-hydrogen) atoms. The van der Waals surface area contributed by atoms with E-state index in [1.807, 2.05) is 0 Å². The molecular weight excluding hydrogens is 423 g/mol. The predicted molar refractivity (Wildman–Crippen MR) is 113 cm³/mol. The van der Waals surface area contributed by atoms with E-state index in [-0.39, 0.29) is 23.8 Å². The van der Waals surface area contributed by atoms with E-state index in [4.69, 9.17) is 21.1 Å². The van der Waals surface area contributed by atoms with Gasteiger partial charge in [-0.25, -0.2) is 9.29 Å². The number of anilines is 2. The molecule has 0 aromatic heterocycles. The molecule has 3 aromatic rings. The van der Waals surface area contributed by atoms with Crippen molar-refractivity contribution in [3.05, 3.63) is 88.8 Å². The third-order valence-electron chi connectivity index (χ3n) is 4.94. The van der Waals surface area contributed by atoms with Gasteiger partial charge in [-0.3, -0.25) is 9.59 Å². The number of hydrogen-bond donors (Lipinski definition) is 1. The van der Waals surface area contributed by atoms with Crippen molar-refractivity contribution in [2.45, 2.75) is 0 Å². The second-order valence-corrected chi connectivity index (χ2v) is 7.31. The second-order valence-electron chi connectivity index (χ2n) is 6.87. The Morgan fingerprint density at radius 3 is 2.32 bits per heavy atom. The number of nitrogens with one attached hydrogen (secondary N) is 1. The monoisotopic (exact) mass is 436 g/mol. The molecule has 3 aromatic carbocycles. The molecule has 2 amide bonds. The number of nitrogens with zero attached hydrogens (tertiary/aromatic N) is 1. The van der Waals surface area contributed by atoms with Crippen LogP contribution >= 0.6 is 11.6 Å². The van der Waals surface area contributed by atoms with Crippen LogP contribution in [0.3, 0.4) is 0 Å². The molecule has 2 heterocycles. The van der Waals surface area contributed by atoms with Gasteiger partial charge in [-0.2, -0.15) is 0 Å². The second kappa shape index (κ2) is 7.45. The van der Waals surface area contributed by atoms with E-state index < -0.39 is 17.6 Å². The zero-order valence-electron chi connectivity index (χ0n) is 15.9. The Balaban J connectivity index is 1.59. The highest BCUT2D eigenvalue weighted by Gasteiger charge is 2.40. The number of carbonyl (C=O) groups is 2. The Bertz CT molecular complexity index is 1240. The quantitative estimate of drug-likeness (QED) is 0.605. The van der Waals surface area contributed by atoms with Crippen LogP contribution in [-0.2, 0) is 9.59 Å². The smallest absolute Gasteiger partial charge is 0.282 e. The summed E-state index contributed by atoms with van der Waals surface area (Å²) in [5.41, 5.74) is 1.62. The van der Waals surface area contributed by atoms with Gasteiger partial charge in [0.05, 0.1) is 11.3 Å². The molecule has 0 spiro atoms. The van der Waals surface area contributed by atoms with Crippen molar-refractivity contribution in [1.82, 2.24) is 0 Å². The molecule has 0 aliphatic carbocycles. The van der Waals surface area contributed by atoms with Gasteiger partial charge in [0.1, 0.15) is 11.5 Å². The van der Waals surface area contributed by atoms with Crippen LogP contribution in [0.4, 0.5) is 15.8 Å². The third-order valence-corrected chi connectivity index (χ3v) is 5.20. The molecule has 5 rings (SSSR count). The van der Waals surface area contributed by atoms with E-state index in [2.05, 4.69) is 5.32 Å². The molecule has 2 aliphatic rings. The lowest BCUT2D eigenvalue weighted by molar-refractivity contribution is -0.120. The number of carbonyl (C=O) groups excluding carboxylic acids is 2. The van der Waals surface area contributed by atoms with Gasteiger partial charge in [0.2, 0.25) is 6.79 Å². The summed E-state index contributed by atoms with van der Waals surface area (Å²) in [4.78, 5) is 27.6. The largest absolute Gasteiger partial charge is 0.454 e. The number of ether oxygens (including phenoxy) is 2. The lowest BCUT2D eigenvalue weighted by Gasteiger charge is -2.15. The number of imide groups is 1. The van der Waals surface area contributed by atoms with Crippen molar-refractivity contribution in [2.75, 3.05) is 17.0 Å². The van der Waals surface area contributed by atoms with Gasteiger partial charge in [-0.1, -0.05) is 23.7 Å². The summed E-state index contributed by atoms with van der Waals surface area (Å²) in [6, 6.07) is 16.9. The van der Waals surface area contributed by atoms with Crippen LogP contribution < -0.4 is 19.7 Å². The predicted octanol–water partition coefficient (Wildman–Crippen LogP) is 4.60. The van der Waals surface area contributed by atoms with Crippen molar-refractivity contribution in [3.8, 4) is 11.5 Å². The highest BCUT2D eigenvalue weighted by molar-refractivity contribution is 6.46. The Labute approximate surface area is 181 Å². The zero-order valence-corrected chi connectivity index (χ0v) is 16.7. The number of rotatable bonds is 4. The number of amides is 2. The van der Waals surface area contributed by atoms with Crippen molar-refractivity contribution < 1.29 is 23.5 Å². The van der Waals surface area contributed by atoms with E-state index in [0.29, 0.717) is 27.8 Å². The summed E-state index contributed by atoms with van der Waals surface area (Å²) >= 11 is 5.99. The Kier molecular flexibility index (Phi) is 4.60. The van der Waals surface area contributed by atoms with Crippen LogP contribution in [0.15, 0.2) is 72.4 Å². The summed E-state index contributed by atoms with van der Waals surface area (Å²) in [6.45, 7) is 0.118. The number of hydrogen-bond acceptors (Lipinski definition) is 5. The van der Waals surface area contributed by atoms with Gasteiger partial charge >= 0.3 is 0 Å². The minimum absolute atomic E-state index is 0.0931. The van der Waals surface area contributed by atoms with Crippen LogP contribution in [0.5, 0.6) is 11.5 Å². The van der Waals surface area contributed by atoms with Crippen molar-refractivity contribution in [3.63, 3.8) is 0 Å². The summed E-state index contributed by atoms with van der Waals surface area (Å²) in [6.07, 6.45) is 0. The third kappa shape index (κ3) is 3.39. The van der Waals surface area contributed by atoms with Gasteiger partial charge in [0, 0.05) is 16.8 Å². The molecule has 1 N–H and O–H groups in total. The first-order valence-corrected chi connectivity index (χ1v) is 9.70. The van der Waals surface area contributed by atoms with E-state index in [1.54, 1.807) is 42.5 Å². The highest BCUT2D eigenvalue weighted by atomic mass is 35.5. The normalized spacial score (nSPS) is 15.1. The first-order valence-electron chi connectivity index (χ1n) is 9.32. The molecule has 0 fully saturated rings. The van der Waals surface area contributed by atoms with Gasteiger partial charge in [0.15, 0.2) is 11.5 Å². The molecule has 0 unspecified atom stereocenters. The minimum Gasteiger partial charge on any atom is -0.454 e. The molecule has 0 saturated carbocycles. The maximum atomic E-state index is 13.4. The average Bonchev–Trinajstić information content (AvgIpc) is 3.32. The Morgan fingerprint density at radius 2 is 1.58 bits per heavy atom. The van der Waals surface area contributed by atoms with Crippen LogP contribution in [0.2, 0.25) is 5.02 Å².